The van der Waals surface area contributed by atoms with E-state index in [1.807, 2.05) is 67.9 Å². The van der Waals surface area contributed by atoms with Gasteiger partial charge in [-0.3, -0.25) is 9.79 Å². The summed E-state index contributed by atoms with van der Waals surface area (Å²) in [5.74, 6) is 7.41. The van der Waals surface area contributed by atoms with Gasteiger partial charge in [-0.25, -0.2) is 0 Å². The number of amides is 1. The molecule has 0 saturated carbocycles. The fourth-order valence-corrected chi connectivity index (χ4v) is 3.75. The SMILES string of the molecule is CCCNC(=O)C#CC1=CNC2N=CC(c3ccccc3Oc3ccccc3)CC12. The fourth-order valence-electron chi connectivity index (χ4n) is 3.75. The summed E-state index contributed by atoms with van der Waals surface area (Å²) in [6.07, 6.45) is 5.61. The van der Waals surface area contributed by atoms with Crippen LogP contribution in [0.5, 0.6) is 11.5 Å². The smallest absolute Gasteiger partial charge is 0.296 e. The molecule has 2 aliphatic heterocycles. The lowest BCUT2D eigenvalue weighted by molar-refractivity contribution is -0.115. The summed E-state index contributed by atoms with van der Waals surface area (Å²) in [5.41, 5.74) is 2.03. The number of nitrogens with one attached hydrogen (secondary N) is 2. The van der Waals surface area contributed by atoms with Crippen molar-refractivity contribution in [1.82, 2.24) is 10.6 Å². The number of benzene rings is 2. The third-order valence-electron chi connectivity index (χ3n) is 5.27. The van der Waals surface area contributed by atoms with Crippen LogP contribution in [0.1, 0.15) is 31.2 Å². The van der Waals surface area contributed by atoms with Gasteiger partial charge in [-0.1, -0.05) is 49.2 Å². The highest BCUT2D eigenvalue weighted by molar-refractivity contribution is 5.94. The summed E-state index contributed by atoms with van der Waals surface area (Å²) in [4.78, 5) is 16.6. The summed E-state index contributed by atoms with van der Waals surface area (Å²) in [7, 11) is 0. The molecular formula is C25H25N3O2. The maximum Gasteiger partial charge on any atom is 0.296 e. The van der Waals surface area contributed by atoms with Crippen molar-refractivity contribution < 1.29 is 9.53 Å². The van der Waals surface area contributed by atoms with Crippen molar-refractivity contribution in [2.24, 2.45) is 10.9 Å². The van der Waals surface area contributed by atoms with Gasteiger partial charge in [0.2, 0.25) is 0 Å². The number of hydrogen-bond acceptors (Lipinski definition) is 4. The van der Waals surface area contributed by atoms with E-state index in [2.05, 4.69) is 28.5 Å². The van der Waals surface area contributed by atoms with Gasteiger partial charge in [-0.05, 0) is 37.0 Å². The van der Waals surface area contributed by atoms with Crippen molar-refractivity contribution in [3.63, 3.8) is 0 Å². The molecule has 0 aliphatic carbocycles. The van der Waals surface area contributed by atoms with Crippen LogP contribution in [-0.4, -0.2) is 24.8 Å². The molecular weight excluding hydrogens is 374 g/mol. The van der Waals surface area contributed by atoms with Crippen LogP contribution in [0.15, 0.2) is 71.4 Å². The molecule has 1 amide bonds. The minimum absolute atomic E-state index is 0.0218. The van der Waals surface area contributed by atoms with Gasteiger partial charge >= 0.3 is 0 Å². The number of aliphatic imine (C=N–C) groups is 1. The van der Waals surface area contributed by atoms with Crippen molar-refractivity contribution in [2.75, 3.05) is 6.54 Å². The van der Waals surface area contributed by atoms with Crippen molar-refractivity contribution in [1.29, 1.82) is 0 Å². The Kier molecular flexibility index (Phi) is 6.14. The minimum atomic E-state index is -0.237. The van der Waals surface area contributed by atoms with E-state index in [1.165, 1.54) is 0 Å². The summed E-state index contributed by atoms with van der Waals surface area (Å²) in [6, 6.07) is 17.9. The topological polar surface area (TPSA) is 62.7 Å². The lowest BCUT2D eigenvalue weighted by atomic mass is 9.83. The Hall–Kier alpha value is -3.52. The fraction of sp³-hybridized carbons (Fsp3) is 0.280. The normalized spacial score (nSPS) is 21.5. The van der Waals surface area contributed by atoms with Gasteiger partial charge in [-0.2, -0.15) is 0 Å². The number of para-hydroxylation sites is 2. The maximum atomic E-state index is 11.8. The Labute approximate surface area is 177 Å². The highest BCUT2D eigenvalue weighted by Crippen LogP contribution is 2.39. The quantitative estimate of drug-likeness (QED) is 0.747. The van der Waals surface area contributed by atoms with E-state index in [4.69, 9.17) is 9.73 Å². The van der Waals surface area contributed by atoms with Gasteiger partial charge in [0.25, 0.3) is 5.91 Å². The zero-order chi connectivity index (χ0) is 20.8. The minimum Gasteiger partial charge on any atom is -0.457 e. The number of rotatable bonds is 5. The van der Waals surface area contributed by atoms with E-state index < -0.39 is 0 Å². The highest BCUT2D eigenvalue weighted by atomic mass is 16.5. The zero-order valence-corrected chi connectivity index (χ0v) is 17.0. The van der Waals surface area contributed by atoms with Gasteiger partial charge in [0, 0.05) is 41.9 Å². The van der Waals surface area contributed by atoms with Gasteiger partial charge < -0.3 is 15.4 Å². The second kappa shape index (κ2) is 9.32. The first-order valence-electron chi connectivity index (χ1n) is 10.4. The molecule has 0 aromatic heterocycles. The number of hydrogen-bond donors (Lipinski definition) is 2. The molecule has 2 aromatic rings. The average Bonchev–Trinajstić information content (AvgIpc) is 3.19. The molecule has 2 aliphatic rings. The summed E-state index contributed by atoms with van der Waals surface area (Å²) in [5, 5.41) is 6.06. The molecule has 5 heteroatoms. The molecule has 0 spiro atoms. The predicted molar refractivity (Wildman–Crippen MR) is 118 cm³/mol. The third-order valence-corrected chi connectivity index (χ3v) is 5.27. The highest BCUT2D eigenvalue weighted by Gasteiger charge is 2.34. The van der Waals surface area contributed by atoms with Gasteiger partial charge in [0.05, 0.1) is 0 Å². The molecule has 3 atom stereocenters. The Balaban J connectivity index is 1.51. The number of carbonyl (C=O) groups is 1. The molecule has 2 heterocycles. The van der Waals surface area contributed by atoms with E-state index in [0.29, 0.717) is 6.54 Å². The molecule has 5 nitrogen and oxygen atoms in total. The van der Waals surface area contributed by atoms with Crippen LogP contribution in [0, 0.1) is 17.8 Å². The van der Waals surface area contributed by atoms with Crippen LogP contribution in [-0.2, 0) is 4.79 Å². The molecule has 0 saturated heterocycles. The van der Waals surface area contributed by atoms with E-state index in [1.54, 1.807) is 0 Å². The van der Waals surface area contributed by atoms with Crippen LogP contribution in [0.4, 0.5) is 0 Å². The average molecular weight is 399 g/mol. The molecule has 2 N–H and O–H groups in total. The first-order chi connectivity index (χ1) is 14.7. The molecule has 0 radical (unpaired) electrons. The summed E-state index contributed by atoms with van der Waals surface area (Å²) < 4.78 is 6.14. The number of fused-ring (bicyclic) bond motifs is 1. The van der Waals surface area contributed by atoms with Gasteiger partial charge in [0.15, 0.2) is 0 Å². The number of carbonyl (C=O) groups excluding carboxylic acids is 1. The van der Waals surface area contributed by atoms with Crippen molar-refractivity contribution in [3.05, 3.63) is 71.9 Å². The Bertz CT molecular complexity index is 1020. The third kappa shape index (κ3) is 4.55. The van der Waals surface area contributed by atoms with Crippen LogP contribution in [0.25, 0.3) is 0 Å². The van der Waals surface area contributed by atoms with Gasteiger partial charge in [0.1, 0.15) is 17.7 Å². The molecule has 2 aromatic carbocycles. The van der Waals surface area contributed by atoms with Crippen molar-refractivity contribution in [2.45, 2.75) is 31.8 Å². The number of ether oxygens (including phenoxy) is 1. The zero-order valence-electron chi connectivity index (χ0n) is 17.0. The second-order valence-electron chi connectivity index (χ2n) is 7.42. The lowest BCUT2D eigenvalue weighted by Gasteiger charge is -2.28. The second-order valence-corrected chi connectivity index (χ2v) is 7.42. The van der Waals surface area contributed by atoms with Crippen LogP contribution >= 0.6 is 0 Å². The first-order valence-corrected chi connectivity index (χ1v) is 10.4. The Morgan fingerprint density at radius 3 is 2.83 bits per heavy atom. The van der Waals surface area contributed by atoms with Crippen molar-refractivity contribution in [3.8, 4) is 23.3 Å². The first kappa shape index (κ1) is 19.8. The molecule has 152 valence electrons. The van der Waals surface area contributed by atoms with E-state index in [-0.39, 0.29) is 23.9 Å². The molecule has 4 rings (SSSR count). The van der Waals surface area contributed by atoms with Crippen molar-refractivity contribution >= 4 is 12.1 Å². The lowest BCUT2D eigenvalue weighted by Crippen LogP contribution is -2.31. The van der Waals surface area contributed by atoms with Crippen LogP contribution in [0.2, 0.25) is 0 Å². The summed E-state index contributed by atoms with van der Waals surface area (Å²) >= 11 is 0. The maximum absolute atomic E-state index is 11.8. The number of nitrogens with zero attached hydrogens (tertiary/aromatic N) is 1. The largest absolute Gasteiger partial charge is 0.457 e. The molecule has 3 unspecified atom stereocenters. The Morgan fingerprint density at radius 1 is 1.20 bits per heavy atom. The monoisotopic (exact) mass is 399 g/mol. The van der Waals surface area contributed by atoms with E-state index in [0.717, 1.165) is 35.5 Å². The van der Waals surface area contributed by atoms with Crippen LogP contribution in [0.3, 0.4) is 0 Å². The molecule has 0 bridgehead atoms. The van der Waals surface area contributed by atoms with E-state index in [9.17, 15) is 4.79 Å². The standard InChI is InChI=1S/C25H25N3O2/c1-2-14-26-24(29)13-12-18-16-27-25-22(18)15-19(17-28-25)21-10-6-7-11-23(21)30-20-8-4-3-5-9-20/h3-11,16-17,19,22,25,27H,2,14-15H2,1H3,(H,26,29). The van der Waals surface area contributed by atoms with E-state index >= 15 is 0 Å². The summed E-state index contributed by atoms with van der Waals surface area (Å²) in [6.45, 7) is 2.66. The Morgan fingerprint density at radius 2 is 2.00 bits per heavy atom. The van der Waals surface area contributed by atoms with Crippen LogP contribution < -0.4 is 15.4 Å². The predicted octanol–water partition coefficient (Wildman–Crippen LogP) is 4.00. The van der Waals surface area contributed by atoms with Gasteiger partial charge in [-0.15, -0.1) is 0 Å². The molecule has 0 fully saturated rings. The molecule has 30 heavy (non-hydrogen) atoms.